The zero-order valence-electron chi connectivity index (χ0n) is 15.1. The molecule has 0 aromatic heterocycles. The van der Waals surface area contributed by atoms with Gasteiger partial charge in [0.2, 0.25) is 0 Å². The highest BCUT2D eigenvalue weighted by Crippen LogP contribution is 2.33. The number of fused-ring (bicyclic) bond motifs is 3. The molecule has 3 fully saturated rings. The third-order valence-corrected chi connectivity index (χ3v) is 5.73. The Kier molecular flexibility index (Phi) is 4.54. The van der Waals surface area contributed by atoms with Crippen molar-refractivity contribution in [1.82, 2.24) is 20.0 Å². The van der Waals surface area contributed by atoms with Crippen molar-refractivity contribution < 1.29 is 9.59 Å². The van der Waals surface area contributed by atoms with E-state index in [4.69, 9.17) is 11.6 Å². The van der Waals surface area contributed by atoms with Crippen molar-refractivity contribution in [2.75, 3.05) is 31.6 Å². The van der Waals surface area contributed by atoms with E-state index in [0.717, 1.165) is 31.6 Å². The van der Waals surface area contributed by atoms with Crippen molar-refractivity contribution in [3.8, 4) is 0 Å². The van der Waals surface area contributed by atoms with E-state index in [1.807, 2.05) is 31.2 Å². The molecule has 26 heavy (non-hydrogen) atoms. The summed E-state index contributed by atoms with van der Waals surface area (Å²) in [4.78, 5) is 33.2. The van der Waals surface area contributed by atoms with E-state index in [1.165, 1.54) is 4.90 Å². The van der Waals surface area contributed by atoms with Crippen molar-refractivity contribution in [3.63, 3.8) is 0 Å². The quantitative estimate of drug-likeness (QED) is 0.869. The van der Waals surface area contributed by atoms with Crippen LogP contribution >= 0.6 is 11.6 Å². The van der Waals surface area contributed by atoms with E-state index in [9.17, 15) is 9.59 Å². The van der Waals surface area contributed by atoms with Gasteiger partial charge in [-0.15, -0.1) is 0 Å². The fourth-order valence-electron chi connectivity index (χ4n) is 4.25. The molecular formula is C18H24ClN5O2. The molecule has 3 aliphatic heterocycles. The van der Waals surface area contributed by atoms with E-state index in [1.54, 1.807) is 11.9 Å². The lowest BCUT2D eigenvalue weighted by atomic mass is 10.1. The van der Waals surface area contributed by atoms with Crippen LogP contribution in [0.1, 0.15) is 19.8 Å². The second-order valence-electron chi connectivity index (χ2n) is 7.07. The fourth-order valence-corrected chi connectivity index (χ4v) is 4.37. The van der Waals surface area contributed by atoms with Crippen molar-refractivity contribution in [3.05, 3.63) is 29.3 Å². The summed E-state index contributed by atoms with van der Waals surface area (Å²) in [6.45, 7) is 4.16. The number of likely N-dealkylation sites (N-methyl/N-ethyl adjacent to an activating group) is 1. The van der Waals surface area contributed by atoms with Gasteiger partial charge in [-0.05, 0) is 37.1 Å². The number of nitrogens with one attached hydrogen (secondary N) is 1. The normalized spacial score (nSPS) is 29.2. The number of hydrogen-bond acceptors (Lipinski definition) is 5. The van der Waals surface area contributed by atoms with Crippen LogP contribution in [0.5, 0.6) is 0 Å². The van der Waals surface area contributed by atoms with E-state index in [-0.39, 0.29) is 30.4 Å². The van der Waals surface area contributed by atoms with Crippen LogP contribution in [0.25, 0.3) is 0 Å². The molecule has 3 atom stereocenters. The van der Waals surface area contributed by atoms with Gasteiger partial charge in [0.15, 0.2) is 0 Å². The molecule has 4 rings (SSSR count). The molecule has 1 aromatic carbocycles. The molecule has 1 aromatic rings. The Labute approximate surface area is 158 Å². The summed E-state index contributed by atoms with van der Waals surface area (Å²) in [5.74, 6) is -0.0899. The molecule has 3 amide bonds. The summed E-state index contributed by atoms with van der Waals surface area (Å²) < 4.78 is 0. The number of halogens is 1. The number of carbonyl (C=O) groups excluding carboxylic acids is 2. The first-order chi connectivity index (χ1) is 12.5. The van der Waals surface area contributed by atoms with E-state index >= 15 is 0 Å². The summed E-state index contributed by atoms with van der Waals surface area (Å²) >= 11 is 6.02. The van der Waals surface area contributed by atoms with Gasteiger partial charge in [0, 0.05) is 37.4 Å². The lowest BCUT2D eigenvalue weighted by molar-refractivity contribution is -0.138. The van der Waals surface area contributed by atoms with Crippen LogP contribution in [0.3, 0.4) is 0 Å². The topological polar surface area (TPSA) is 59.1 Å². The van der Waals surface area contributed by atoms with Crippen molar-refractivity contribution >= 4 is 29.2 Å². The van der Waals surface area contributed by atoms with Gasteiger partial charge in [0.25, 0.3) is 5.91 Å². The van der Waals surface area contributed by atoms with Crippen molar-refractivity contribution in [1.29, 1.82) is 0 Å². The average Bonchev–Trinajstić information content (AvgIpc) is 3.04. The molecular weight excluding hydrogens is 354 g/mol. The monoisotopic (exact) mass is 377 g/mol. The number of nitrogens with zero attached hydrogens (tertiary/aromatic N) is 4. The molecule has 0 radical (unpaired) electrons. The molecule has 0 spiro atoms. The van der Waals surface area contributed by atoms with E-state index in [0.29, 0.717) is 11.6 Å². The van der Waals surface area contributed by atoms with Crippen LogP contribution in [0.2, 0.25) is 5.02 Å². The van der Waals surface area contributed by atoms with Crippen molar-refractivity contribution in [2.45, 2.75) is 38.3 Å². The second-order valence-corrected chi connectivity index (χ2v) is 7.51. The summed E-state index contributed by atoms with van der Waals surface area (Å²) in [7, 11) is 1.77. The molecule has 3 saturated heterocycles. The maximum atomic E-state index is 13.1. The van der Waals surface area contributed by atoms with E-state index in [2.05, 4.69) is 15.1 Å². The number of benzene rings is 1. The molecule has 1 N–H and O–H groups in total. The predicted octanol–water partition coefficient (Wildman–Crippen LogP) is 1.74. The van der Waals surface area contributed by atoms with Crippen LogP contribution in [-0.4, -0.2) is 71.8 Å². The second kappa shape index (κ2) is 6.72. The summed E-state index contributed by atoms with van der Waals surface area (Å²) in [6, 6.07) is 7.18. The number of anilines is 1. The van der Waals surface area contributed by atoms with Gasteiger partial charge in [-0.3, -0.25) is 19.9 Å². The van der Waals surface area contributed by atoms with Crippen LogP contribution < -0.4 is 10.2 Å². The number of amides is 3. The minimum atomic E-state index is -0.343. The number of imide groups is 1. The molecule has 0 bridgehead atoms. The highest BCUT2D eigenvalue weighted by Gasteiger charge is 2.55. The third-order valence-electron chi connectivity index (χ3n) is 5.48. The largest absolute Gasteiger partial charge is 0.343 e. The molecule has 3 aliphatic rings. The van der Waals surface area contributed by atoms with Crippen LogP contribution in [-0.2, 0) is 4.79 Å². The van der Waals surface area contributed by atoms with Gasteiger partial charge in [0.05, 0.1) is 0 Å². The van der Waals surface area contributed by atoms with Gasteiger partial charge < -0.3 is 9.80 Å². The Bertz CT molecular complexity index is 712. The van der Waals surface area contributed by atoms with Crippen molar-refractivity contribution in [2.24, 2.45) is 0 Å². The zero-order chi connectivity index (χ0) is 18.4. The summed E-state index contributed by atoms with van der Waals surface area (Å²) in [6.07, 6.45) is 1.31. The Morgan fingerprint density at radius 3 is 2.62 bits per heavy atom. The Hall–Kier alpha value is -1.83. The highest BCUT2D eigenvalue weighted by atomic mass is 35.5. The molecule has 0 aliphatic carbocycles. The van der Waals surface area contributed by atoms with Gasteiger partial charge in [0.1, 0.15) is 18.5 Å². The molecule has 8 heteroatoms. The minimum Gasteiger partial charge on any atom is -0.343 e. The number of carbonyl (C=O) groups is 2. The highest BCUT2D eigenvalue weighted by molar-refractivity contribution is 6.30. The number of rotatable bonds is 3. The van der Waals surface area contributed by atoms with Crippen LogP contribution in [0.4, 0.5) is 10.5 Å². The van der Waals surface area contributed by atoms with Gasteiger partial charge in [-0.1, -0.05) is 18.5 Å². The van der Waals surface area contributed by atoms with Gasteiger partial charge in [-0.2, -0.15) is 0 Å². The van der Waals surface area contributed by atoms with Gasteiger partial charge in [-0.25, -0.2) is 4.79 Å². The molecule has 3 heterocycles. The molecule has 7 nitrogen and oxygen atoms in total. The summed E-state index contributed by atoms with van der Waals surface area (Å²) in [5, 5.41) is 4.21. The summed E-state index contributed by atoms with van der Waals surface area (Å²) in [5.41, 5.74) is 1.06. The Balaban J connectivity index is 1.64. The van der Waals surface area contributed by atoms with Crippen LogP contribution in [0.15, 0.2) is 24.3 Å². The first-order valence-corrected chi connectivity index (χ1v) is 9.53. The predicted molar refractivity (Wildman–Crippen MR) is 99.8 cm³/mol. The Morgan fingerprint density at radius 1 is 1.19 bits per heavy atom. The first kappa shape index (κ1) is 17.6. The number of urea groups is 1. The third kappa shape index (κ3) is 2.66. The maximum absolute atomic E-state index is 13.1. The molecule has 140 valence electrons. The maximum Gasteiger partial charge on any atom is 0.327 e. The minimum absolute atomic E-state index is 0.0899. The first-order valence-electron chi connectivity index (χ1n) is 9.15. The number of hydrogen-bond donors (Lipinski definition) is 1. The lowest BCUT2D eigenvalue weighted by Gasteiger charge is -2.43. The Morgan fingerprint density at radius 2 is 1.92 bits per heavy atom. The molecule has 3 unspecified atom stereocenters. The average molecular weight is 378 g/mol. The smallest absolute Gasteiger partial charge is 0.327 e. The molecule has 0 saturated carbocycles. The fraction of sp³-hybridized carbons (Fsp3) is 0.556. The zero-order valence-corrected chi connectivity index (χ0v) is 15.8. The van der Waals surface area contributed by atoms with Gasteiger partial charge >= 0.3 is 6.03 Å². The van der Waals surface area contributed by atoms with E-state index < -0.39 is 0 Å². The SMILES string of the molecule is CCCN1C(=O)C2C(NC3N(c4ccc(Cl)cc4)CCCN23)N(C)C1=O. The lowest BCUT2D eigenvalue weighted by Crippen LogP contribution is -2.66. The standard InChI is InChI=1S/C18H24ClN5O2/c1-3-9-24-16(25)14-15(21(2)18(24)26)20-17-22(10-4-11-23(14)17)13-7-5-12(19)6-8-13/h5-8,14-15,17,20H,3-4,9-11H2,1-2H3. The van der Waals surface area contributed by atoms with Crippen LogP contribution in [0, 0.1) is 0 Å².